The van der Waals surface area contributed by atoms with Gasteiger partial charge in [-0.1, -0.05) is 31.2 Å². The quantitative estimate of drug-likeness (QED) is 0.364. The first-order valence-electron chi connectivity index (χ1n) is 12.7. The molecule has 1 fully saturated rings. The number of ether oxygens (including phenoxy) is 1. The van der Waals surface area contributed by atoms with E-state index < -0.39 is 5.54 Å². The molecule has 0 unspecified atom stereocenters. The lowest BCUT2D eigenvalue weighted by Crippen LogP contribution is -2.42. The van der Waals surface area contributed by atoms with Crippen LogP contribution in [-0.2, 0) is 9.59 Å². The summed E-state index contributed by atoms with van der Waals surface area (Å²) in [6.45, 7) is 7.97. The second kappa shape index (κ2) is 10.3. The van der Waals surface area contributed by atoms with Crippen LogP contribution in [0.5, 0.6) is 5.75 Å². The molecule has 4 rings (SSSR count). The van der Waals surface area contributed by atoms with Gasteiger partial charge in [-0.15, -0.1) is 0 Å². The van der Waals surface area contributed by atoms with Gasteiger partial charge in [0.1, 0.15) is 11.4 Å². The summed E-state index contributed by atoms with van der Waals surface area (Å²) in [5.74, 6) is 0.503. The molecule has 192 valence electrons. The highest BCUT2D eigenvalue weighted by Crippen LogP contribution is 2.48. The summed E-state index contributed by atoms with van der Waals surface area (Å²) in [4.78, 5) is 35.0. The molecule has 1 saturated carbocycles. The Morgan fingerprint density at radius 1 is 1.31 bits per heavy atom. The third kappa shape index (κ3) is 5.86. The molecular formula is C28H37N5O3. The highest BCUT2D eigenvalue weighted by Gasteiger charge is 2.50. The minimum atomic E-state index is -0.568. The molecule has 1 aliphatic carbocycles. The monoisotopic (exact) mass is 491 g/mol. The summed E-state index contributed by atoms with van der Waals surface area (Å²) in [6.07, 6.45) is 7.00. The van der Waals surface area contributed by atoms with Gasteiger partial charge in [-0.3, -0.25) is 19.6 Å². The third-order valence-electron chi connectivity index (χ3n) is 7.35. The Hall–Kier alpha value is -3.42. The lowest BCUT2D eigenvalue weighted by Gasteiger charge is -2.38. The Kier molecular flexibility index (Phi) is 7.33. The second-order valence-corrected chi connectivity index (χ2v) is 10.8. The van der Waals surface area contributed by atoms with Crippen LogP contribution in [0.3, 0.4) is 0 Å². The maximum absolute atomic E-state index is 13.4. The van der Waals surface area contributed by atoms with E-state index in [9.17, 15) is 9.59 Å². The van der Waals surface area contributed by atoms with Crippen molar-refractivity contribution >= 4 is 18.2 Å². The fraction of sp³-hybridized carbons (Fsp3) is 0.500. The van der Waals surface area contributed by atoms with Crippen LogP contribution in [0.2, 0.25) is 0 Å². The van der Waals surface area contributed by atoms with E-state index in [1.165, 1.54) is 6.34 Å². The van der Waals surface area contributed by atoms with Crippen molar-refractivity contribution in [1.29, 1.82) is 0 Å². The van der Waals surface area contributed by atoms with Crippen molar-refractivity contribution in [1.82, 2.24) is 15.6 Å². The first kappa shape index (κ1) is 25.7. The standard InChI is InChI=1S/C28H37N5O3/c1-5-28(4,31-17-29)15-24(34)33-25(18-9-8-12-30-16-18)20-13-21(20)26(35)32-22-14-27(2,3)36-23-11-7-6-10-19(22)23/h6-12,16-17,20-22,25H,5,13-15H2,1-4H3,(H2,29,31)(H,32,35)(H,33,34)/t20-,21-,22+,25-,28-/m1/s1. The number of nitrogens with zero attached hydrogens (tertiary/aromatic N) is 2. The van der Waals surface area contributed by atoms with E-state index in [1.807, 2.05) is 64.1 Å². The average Bonchev–Trinajstić information content (AvgIpc) is 3.63. The number of benzene rings is 1. The van der Waals surface area contributed by atoms with E-state index in [0.29, 0.717) is 19.3 Å². The number of para-hydroxylation sites is 1. The van der Waals surface area contributed by atoms with Crippen molar-refractivity contribution in [2.45, 2.75) is 76.6 Å². The number of nitrogens with two attached hydrogens (primary N) is 1. The number of carbonyl (C=O) groups excluding carboxylic acids is 2. The summed E-state index contributed by atoms with van der Waals surface area (Å²) in [5, 5.41) is 6.43. The summed E-state index contributed by atoms with van der Waals surface area (Å²) >= 11 is 0. The van der Waals surface area contributed by atoms with Gasteiger partial charge in [-0.2, -0.15) is 0 Å². The lowest BCUT2D eigenvalue weighted by atomic mass is 9.89. The molecule has 5 atom stereocenters. The minimum absolute atomic E-state index is 0.00627. The number of hydrogen-bond donors (Lipinski definition) is 3. The first-order chi connectivity index (χ1) is 17.1. The van der Waals surface area contributed by atoms with Crippen molar-refractivity contribution in [3.8, 4) is 5.75 Å². The van der Waals surface area contributed by atoms with Gasteiger partial charge in [0.2, 0.25) is 11.8 Å². The van der Waals surface area contributed by atoms with Gasteiger partial charge in [0.05, 0.1) is 30.4 Å². The van der Waals surface area contributed by atoms with Crippen LogP contribution >= 0.6 is 0 Å². The number of nitrogens with one attached hydrogen (secondary N) is 2. The zero-order valence-electron chi connectivity index (χ0n) is 21.5. The van der Waals surface area contributed by atoms with E-state index >= 15 is 0 Å². The number of aliphatic imine (C=N–C) groups is 1. The lowest BCUT2D eigenvalue weighted by molar-refractivity contribution is -0.125. The van der Waals surface area contributed by atoms with Gasteiger partial charge < -0.3 is 21.1 Å². The second-order valence-electron chi connectivity index (χ2n) is 10.8. The normalized spacial score (nSPS) is 24.6. The molecule has 2 amide bonds. The number of pyridine rings is 1. The molecule has 1 aromatic carbocycles. The van der Waals surface area contributed by atoms with Crippen molar-refractivity contribution in [2.24, 2.45) is 22.6 Å². The third-order valence-corrected chi connectivity index (χ3v) is 7.35. The Bertz CT molecular complexity index is 1120. The summed E-state index contributed by atoms with van der Waals surface area (Å²) in [6, 6.07) is 11.2. The fourth-order valence-electron chi connectivity index (χ4n) is 5.10. The Balaban J connectivity index is 1.47. The van der Waals surface area contributed by atoms with Gasteiger partial charge >= 0.3 is 0 Å². The molecule has 1 aliphatic heterocycles. The van der Waals surface area contributed by atoms with E-state index in [1.54, 1.807) is 12.4 Å². The van der Waals surface area contributed by atoms with E-state index in [2.05, 4.69) is 20.6 Å². The molecule has 8 nitrogen and oxygen atoms in total. The predicted molar refractivity (Wildman–Crippen MR) is 139 cm³/mol. The molecule has 4 N–H and O–H groups in total. The zero-order chi connectivity index (χ0) is 25.9. The van der Waals surface area contributed by atoms with Crippen molar-refractivity contribution in [3.63, 3.8) is 0 Å². The Morgan fingerprint density at radius 2 is 2.08 bits per heavy atom. The van der Waals surface area contributed by atoms with Crippen LogP contribution in [0, 0.1) is 11.8 Å². The van der Waals surface area contributed by atoms with Gasteiger partial charge in [0, 0.05) is 30.3 Å². The maximum Gasteiger partial charge on any atom is 0.223 e. The number of carbonyl (C=O) groups is 2. The number of aromatic nitrogens is 1. The van der Waals surface area contributed by atoms with Crippen LogP contribution in [0.4, 0.5) is 0 Å². The van der Waals surface area contributed by atoms with E-state index in [0.717, 1.165) is 16.9 Å². The molecule has 36 heavy (non-hydrogen) atoms. The Labute approximate surface area is 213 Å². The molecule has 0 saturated heterocycles. The molecule has 0 radical (unpaired) electrons. The fourth-order valence-corrected chi connectivity index (χ4v) is 5.10. The highest BCUT2D eigenvalue weighted by molar-refractivity contribution is 5.83. The topological polar surface area (TPSA) is 119 Å². The molecular weight excluding hydrogens is 454 g/mol. The number of rotatable bonds is 9. The molecule has 0 bridgehead atoms. The number of fused-ring (bicyclic) bond motifs is 1. The molecule has 1 aromatic heterocycles. The molecule has 2 aromatic rings. The van der Waals surface area contributed by atoms with Gasteiger partial charge in [0.25, 0.3) is 0 Å². The molecule has 2 heterocycles. The summed E-state index contributed by atoms with van der Waals surface area (Å²) < 4.78 is 6.11. The van der Waals surface area contributed by atoms with Crippen LogP contribution < -0.4 is 21.1 Å². The molecule has 8 heteroatoms. The van der Waals surface area contributed by atoms with Crippen molar-refractivity contribution in [3.05, 3.63) is 59.9 Å². The SMILES string of the molecule is CC[C@](C)(CC(=O)N[C@H](c1cccnc1)[C@@H]1C[C@H]1C(=O)N[C@H]1CC(C)(C)Oc2ccccc21)N=CN. The van der Waals surface area contributed by atoms with E-state index in [4.69, 9.17) is 10.5 Å². The predicted octanol–water partition coefficient (Wildman–Crippen LogP) is 3.84. The number of amides is 2. The van der Waals surface area contributed by atoms with Crippen molar-refractivity contribution in [2.75, 3.05) is 0 Å². The molecule has 2 aliphatic rings. The highest BCUT2D eigenvalue weighted by atomic mass is 16.5. The summed E-state index contributed by atoms with van der Waals surface area (Å²) in [7, 11) is 0. The number of hydrogen-bond acceptors (Lipinski definition) is 5. The average molecular weight is 492 g/mol. The van der Waals surface area contributed by atoms with Gasteiger partial charge in [-0.05, 0) is 57.2 Å². The van der Waals surface area contributed by atoms with Crippen LogP contribution in [0.1, 0.15) is 76.6 Å². The van der Waals surface area contributed by atoms with Crippen LogP contribution in [0.15, 0.2) is 53.8 Å². The Morgan fingerprint density at radius 3 is 2.78 bits per heavy atom. The smallest absolute Gasteiger partial charge is 0.223 e. The van der Waals surface area contributed by atoms with Crippen molar-refractivity contribution < 1.29 is 14.3 Å². The zero-order valence-corrected chi connectivity index (χ0v) is 21.5. The molecule has 0 spiro atoms. The van der Waals surface area contributed by atoms with E-state index in [-0.39, 0.29) is 47.8 Å². The largest absolute Gasteiger partial charge is 0.487 e. The minimum Gasteiger partial charge on any atom is -0.487 e. The van der Waals surface area contributed by atoms with Crippen LogP contribution in [0.25, 0.3) is 0 Å². The van der Waals surface area contributed by atoms with Gasteiger partial charge in [0.15, 0.2) is 0 Å². The first-order valence-corrected chi connectivity index (χ1v) is 12.7. The van der Waals surface area contributed by atoms with Crippen LogP contribution in [-0.4, -0.2) is 34.3 Å². The summed E-state index contributed by atoms with van der Waals surface area (Å²) in [5.41, 5.74) is 6.46. The van der Waals surface area contributed by atoms with Gasteiger partial charge in [-0.25, -0.2) is 0 Å². The maximum atomic E-state index is 13.4.